The van der Waals surface area contributed by atoms with Crippen molar-refractivity contribution in [2.45, 2.75) is 27.3 Å². The lowest BCUT2D eigenvalue weighted by molar-refractivity contribution is -0.116. The van der Waals surface area contributed by atoms with E-state index in [1.165, 1.54) is 0 Å². The molecule has 0 aliphatic heterocycles. The fourth-order valence-corrected chi connectivity index (χ4v) is 2.09. The molecule has 2 rings (SSSR count). The van der Waals surface area contributed by atoms with E-state index in [0.29, 0.717) is 16.4 Å². The zero-order valence-electron chi connectivity index (χ0n) is 11.7. The number of aromatic nitrogens is 2. The van der Waals surface area contributed by atoms with Crippen LogP contribution in [-0.4, -0.2) is 15.7 Å². The summed E-state index contributed by atoms with van der Waals surface area (Å²) in [6.07, 6.45) is 0. The Balaban J connectivity index is 2.13. The molecule has 0 aliphatic rings. The van der Waals surface area contributed by atoms with Gasteiger partial charge in [-0.05, 0) is 38.5 Å². The Morgan fingerprint density at radius 2 is 2.10 bits per heavy atom. The van der Waals surface area contributed by atoms with Crippen molar-refractivity contribution in [2.75, 3.05) is 11.1 Å². The number of hydrogen-bond acceptors (Lipinski definition) is 3. The lowest BCUT2D eigenvalue weighted by Crippen LogP contribution is -2.20. The van der Waals surface area contributed by atoms with E-state index in [1.54, 1.807) is 10.7 Å². The molecular formula is C14H17ClN4O. The molecule has 1 heterocycles. The van der Waals surface area contributed by atoms with E-state index in [4.69, 9.17) is 17.3 Å². The minimum atomic E-state index is -0.192. The quantitative estimate of drug-likeness (QED) is 0.913. The van der Waals surface area contributed by atoms with E-state index in [9.17, 15) is 4.79 Å². The molecule has 1 aromatic carbocycles. The lowest BCUT2D eigenvalue weighted by Gasteiger charge is -2.09. The van der Waals surface area contributed by atoms with Crippen molar-refractivity contribution in [3.05, 3.63) is 40.2 Å². The van der Waals surface area contributed by atoms with Crippen LogP contribution in [0.25, 0.3) is 0 Å². The maximum absolute atomic E-state index is 12.0. The number of carbonyl (C=O) groups is 1. The molecule has 6 heteroatoms. The maximum Gasteiger partial charge on any atom is 0.246 e. The molecule has 3 N–H and O–H groups in total. The Hall–Kier alpha value is -2.01. The zero-order valence-corrected chi connectivity index (χ0v) is 12.5. The number of nitrogens with two attached hydrogens (primary N) is 1. The zero-order chi connectivity index (χ0) is 14.9. The van der Waals surface area contributed by atoms with Crippen LogP contribution in [0.3, 0.4) is 0 Å². The predicted molar refractivity (Wildman–Crippen MR) is 80.9 cm³/mol. The molecule has 106 valence electrons. The fraction of sp³-hybridized carbons (Fsp3) is 0.286. The second-order valence-corrected chi connectivity index (χ2v) is 5.18. The second-order valence-electron chi connectivity index (χ2n) is 4.77. The van der Waals surface area contributed by atoms with Crippen molar-refractivity contribution in [3.63, 3.8) is 0 Å². The first-order valence-electron chi connectivity index (χ1n) is 6.24. The van der Waals surface area contributed by atoms with Gasteiger partial charge in [0.25, 0.3) is 0 Å². The van der Waals surface area contributed by atoms with Gasteiger partial charge < -0.3 is 11.1 Å². The minimum absolute atomic E-state index is 0.105. The summed E-state index contributed by atoms with van der Waals surface area (Å²) in [7, 11) is 0. The van der Waals surface area contributed by atoms with Crippen LogP contribution in [0.4, 0.5) is 11.4 Å². The number of nitrogen functional groups attached to an aromatic ring is 1. The number of nitrogens with zero attached hydrogens (tertiary/aromatic N) is 2. The molecule has 0 aliphatic carbocycles. The van der Waals surface area contributed by atoms with Gasteiger partial charge >= 0.3 is 0 Å². The van der Waals surface area contributed by atoms with Gasteiger partial charge in [-0.1, -0.05) is 17.7 Å². The van der Waals surface area contributed by atoms with Crippen molar-refractivity contribution in [3.8, 4) is 0 Å². The van der Waals surface area contributed by atoms with E-state index >= 15 is 0 Å². The van der Waals surface area contributed by atoms with E-state index in [1.807, 2.05) is 32.9 Å². The molecule has 0 saturated carbocycles. The first-order valence-corrected chi connectivity index (χ1v) is 6.61. The highest BCUT2D eigenvalue weighted by atomic mass is 35.5. The third-order valence-electron chi connectivity index (χ3n) is 3.13. The summed E-state index contributed by atoms with van der Waals surface area (Å²) < 4.78 is 1.59. The second kappa shape index (κ2) is 5.54. The van der Waals surface area contributed by atoms with Gasteiger partial charge in [0.2, 0.25) is 5.91 Å². The van der Waals surface area contributed by atoms with Crippen LogP contribution in [0.1, 0.15) is 17.0 Å². The van der Waals surface area contributed by atoms with Crippen LogP contribution in [-0.2, 0) is 11.3 Å². The predicted octanol–water partition coefficient (Wildman–Crippen LogP) is 2.68. The summed E-state index contributed by atoms with van der Waals surface area (Å²) in [5, 5.41) is 7.52. The smallest absolute Gasteiger partial charge is 0.246 e. The van der Waals surface area contributed by atoms with Crippen LogP contribution >= 0.6 is 11.6 Å². The number of rotatable bonds is 3. The molecular weight excluding hydrogens is 276 g/mol. The Kier molecular flexibility index (Phi) is 3.99. The third-order valence-corrected chi connectivity index (χ3v) is 3.46. The molecule has 0 bridgehead atoms. The van der Waals surface area contributed by atoms with Gasteiger partial charge in [0.05, 0.1) is 27.8 Å². The molecule has 0 atom stereocenters. The molecule has 1 amide bonds. The first-order chi connectivity index (χ1) is 9.38. The van der Waals surface area contributed by atoms with E-state index in [-0.39, 0.29) is 12.5 Å². The summed E-state index contributed by atoms with van der Waals surface area (Å²) in [5.74, 6) is -0.192. The van der Waals surface area contributed by atoms with Gasteiger partial charge in [-0.25, -0.2) is 0 Å². The molecule has 5 nitrogen and oxygen atoms in total. The summed E-state index contributed by atoms with van der Waals surface area (Å²) in [4.78, 5) is 12.0. The van der Waals surface area contributed by atoms with Gasteiger partial charge in [0.1, 0.15) is 6.54 Å². The molecule has 0 spiro atoms. The van der Waals surface area contributed by atoms with E-state index in [2.05, 4.69) is 10.4 Å². The Morgan fingerprint density at radius 1 is 1.40 bits per heavy atom. The molecule has 2 aromatic rings. The van der Waals surface area contributed by atoms with Gasteiger partial charge in [-0.2, -0.15) is 5.10 Å². The standard InChI is InChI=1S/C14H17ClN4O/c1-8-4-5-11(15)12(6-8)17-13(20)7-19-10(3)14(16)9(2)18-19/h4-6H,7,16H2,1-3H3,(H,17,20). The highest BCUT2D eigenvalue weighted by Crippen LogP contribution is 2.23. The van der Waals surface area contributed by atoms with Gasteiger partial charge in [0, 0.05) is 0 Å². The van der Waals surface area contributed by atoms with Crippen LogP contribution in [0.2, 0.25) is 5.02 Å². The van der Waals surface area contributed by atoms with Crippen molar-refractivity contribution >= 4 is 28.9 Å². The molecule has 0 saturated heterocycles. The number of amides is 1. The highest BCUT2D eigenvalue weighted by molar-refractivity contribution is 6.33. The van der Waals surface area contributed by atoms with Crippen molar-refractivity contribution in [2.24, 2.45) is 0 Å². The minimum Gasteiger partial charge on any atom is -0.396 e. The number of nitrogens with one attached hydrogen (secondary N) is 1. The number of aryl methyl sites for hydroxylation is 2. The van der Waals surface area contributed by atoms with E-state index < -0.39 is 0 Å². The molecule has 0 radical (unpaired) electrons. The highest BCUT2D eigenvalue weighted by Gasteiger charge is 2.12. The van der Waals surface area contributed by atoms with Crippen LogP contribution in [0, 0.1) is 20.8 Å². The number of hydrogen-bond donors (Lipinski definition) is 2. The largest absolute Gasteiger partial charge is 0.396 e. The van der Waals surface area contributed by atoms with Gasteiger partial charge in [-0.3, -0.25) is 9.48 Å². The molecule has 1 aromatic heterocycles. The average Bonchev–Trinajstić information content (AvgIpc) is 2.61. The number of carbonyl (C=O) groups excluding carboxylic acids is 1. The van der Waals surface area contributed by atoms with E-state index in [0.717, 1.165) is 17.0 Å². The third kappa shape index (κ3) is 2.93. The molecule has 0 fully saturated rings. The fourth-order valence-electron chi connectivity index (χ4n) is 1.93. The summed E-state index contributed by atoms with van der Waals surface area (Å²) in [6.45, 7) is 5.69. The van der Waals surface area contributed by atoms with Crippen LogP contribution < -0.4 is 11.1 Å². The summed E-state index contributed by atoms with van der Waals surface area (Å²) in [6, 6.07) is 5.48. The van der Waals surface area contributed by atoms with Gasteiger partial charge in [0.15, 0.2) is 0 Å². The Bertz CT molecular complexity index is 663. The first kappa shape index (κ1) is 14.4. The molecule has 20 heavy (non-hydrogen) atoms. The summed E-state index contributed by atoms with van der Waals surface area (Å²) in [5.41, 5.74) is 9.60. The summed E-state index contributed by atoms with van der Waals surface area (Å²) >= 11 is 6.05. The van der Waals surface area contributed by atoms with Gasteiger partial charge in [-0.15, -0.1) is 0 Å². The number of benzene rings is 1. The van der Waals surface area contributed by atoms with Crippen molar-refractivity contribution in [1.29, 1.82) is 0 Å². The monoisotopic (exact) mass is 292 g/mol. The Morgan fingerprint density at radius 3 is 2.70 bits per heavy atom. The van der Waals surface area contributed by atoms with Crippen molar-refractivity contribution in [1.82, 2.24) is 9.78 Å². The normalized spacial score (nSPS) is 10.6. The van der Waals surface area contributed by atoms with Crippen molar-refractivity contribution < 1.29 is 4.79 Å². The SMILES string of the molecule is Cc1ccc(Cl)c(NC(=O)Cn2nc(C)c(N)c2C)c1. The van der Waals surface area contributed by atoms with Crippen LogP contribution in [0.15, 0.2) is 18.2 Å². The molecule has 0 unspecified atom stereocenters. The number of halogens is 1. The van der Waals surface area contributed by atoms with Crippen LogP contribution in [0.5, 0.6) is 0 Å². The number of anilines is 2. The maximum atomic E-state index is 12.0. The Labute approximate surface area is 122 Å². The average molecular weight is 293 g/mol. The lowest BCUT2D eigenvalue weighted by atomic mass is 10.2. The topological polar surface area (TPSA) is 72.9 Å².